The van der Waals surface area contributed by atoms with Crippen LogP contribution in [0.4, 0.5) is 5.69 Å². The Morgan fingerprint density at radius 3 is 2.86 bits per heavy atom. The van der Waals surface area contributed by atoms with E-state index in [-0.39, 0.29) is 0 Å². The van der Waals surface area contributed by atoms with Gasteiger partial charge in [-0.3, -0.25) is 4.98 Å². The van der Waals surface area contributed by atoms with E-state index in [1.165, 1.54) is 0 Å². The SMILES string of the molecule is COc1cc(N)cc2cc(Br)cnc12. The second kappa shape index (κ2) is 3.46. The minimum absolute atomic E-state index is 0.675. The molecule has 0 saturated heterocycles. The van der Waals surface area contributed by atoms with Gasteiger partial charge in [-0.05, 0) is 28.1 Å². The average Bonchev–Trinajstić information content (AvgIpc) is 2.15. The Hall–Kier alpha value is -1.29. The number of halogens is 1. The molecule has 0 unspecified atom stereocenters. The van der Waals surface area contributed by atoms with Gasteiger partial charge in [-0.2, -0.15) is 0 Å². The molecule has 3 nitrogen and oxygen atoms in total. The number of rotatable bonds is 1. The van der Waals surface area contributed by atoms with Gasteiger partial charge < -0.3 is 10.5 Å². The van der Waals surface area contributed by atoms with Crippen LogP contribution in [-0.4, -0.2) is 12.1 Å². The molecule has 0 saturated carbocycles. The van der Waals surface area contributed by atoms with Crippen molar-refractivity contribution in [3.8, 4) is 5.75 Å². The lowest BCUT2D eigenvalue weighted by Crippen LogP contribution is -1.91. The first kappa shape index (κ1) is 9.27. The maximum atomic E-state index is 5.73. The van der Waals surface area contributed by atoms with Crippen molar-refractivity contribution in [2.24, 2.45) is 0 Å². The number of ether oxygens (including phenoxy) is 1. The minimum Gasteiger partial charge on any atom is -0.494 e. The van der Waals surface area contributed by atoms with Crippen LogP contribution in [0.5, 0.6) is 5.75 Å². The first-order chi connectivity index (χ1) is 6.70. The lowest BCUT2D eigenvalue weighted by molar-refractivity contribution is 0.419. The molecule has 2 rings (SSSR count). The summed E-state index contributed by atoms with van der Waals surface area (Å²) in [6, 6.07) is 5.60. The monoisotopic (exact) mass is 252 g/mol. The number of nitrogens with two attached hydrogens (primary N) is 1. The summed E-state index contributed by atoms with van der Waals surface area (Å²) in [6.07, 6.45) is 1.74. The maximum absolute atomic E-state index is 5.73. The van der Waals surface area contributed by atoms with Gasteiger partial charge in [0.15, 0.2) is 0 Å². The highest BCUT2D eigenvalue weighted by atomic mass is 79.9. The predicted molar refractivity (Wildman–Crippen MR) is 60.4 cm³/mol. The number of hydrogen-bond donors (Lipinski definition) is 1. The summed E-state index contributed by atoms with van der Waals surface area (Å²) >= 11 is 3.36. The molecule has 0 aliphatic rings. The molecule has 0 atom stereocenters. The summed E-state index contributed by atoms with van der Waals surface area (Å²) in [5, 5.41) is 0.969. The third kappa shape index (κ3) is 1.53. The Bertz CT molecular complexity index is 480. The third-order valence-electron chi connectivity index (χ3n) is 1.96. The van der Waals surface area contributed by atoms with Gasteiger partial charge in [0.2, 0.25) is 0 Å². The normalized spacial score (nSPS) is 10.4. The number of benzene rings is 1. The molecule has 0 amide bonds. The number of methoxy groups -OCH3 is 1. The summed E-state index contributed by atoms with van der Waals surface area (Å²) in [6.45, 7) is 0. The molecule has 2 aromatic rings. The molecule has 2 N–H and O–H groups in total. The van der Waals surface area contributed by atoms with E-state index in [0.29, 0.717) is 11.4 Å². The van der Waals surface area contributed by atoms with Crippen molar-refractivity contribution >= 4 is 32.5 Å². The largest absolute Gasteiger partial charge is 0.494 e. The number of hydrogen-bond acceptors (Lipinski definition) is 3. The molecule has 72 valence electrons. The molecular formula is C10H9BrN2O. The smallest absolute Gasteiger partial charge is 0.147 e. The number of pyridine rings is 1. The Labute approximate surface area is 90.0 Å². The summed E-state index contributed by atoms with van der Waals surface area (Å²) < 4.78 is 6.12. The Kier molecular flexibility index (Phi) is 2.29. The maximum Gasteiger partial charge on any atom is 0.147 e. The molecule has 0 aliphatic carbocycles. The molecule has 0 radical (unpaired) electrons. The van der Waals surface area contributed by atoms with Crippen molar-refractivity contribution < 1.29 is 4.74 Å². The Morgan fingerprint density at radius 2 is 2.14 bits per heavy atom. The first-order valence-corrected chi connectivity index (χ1v) is 4.89. The van der Waals surface area contributed by atoms with Gasteiger partial charge in [-0.15, -0.1) is 0 Å². The summed E-state index contributed by atoms with van der Waals surface area (Å²) in [5.74, 6) is 0.701. The van der Waals surface area contributed by atoms with E-state index in [1.807, 2.05) is 12.1 Å². The van der Waals surface area contributed by atoms with Gasteiger partial charge in [0, 0.05) is 27.8 Å². The lowest BCUT2D eigenvalue weighted by Gasteiger charge is -2.06. The third-order valence-corrected chi connectivity index (χ3v) is 2.39. The predicted octanol–water partition coefficient (Wildman–Crippen LogP) is 2.59. The van der Waals surface area contributed by atoms with Crippen LogP contribution >= 0.6 is 15.9 Å². The van der Waals surface area contributed by atoms with Crippen LogP contribution in [0.15, 0.2) is 28.9 Å². The zero-order valence-electron chi connectivity index (χ0n) is 7.62. The van der Waals surface area contributed by atoms with Crippen molar-refractivity contribution in [3.63, 3.8) is 0 Å². The number of nitrogen functional groups attached to an aromatic ring is 1. The Morgan fingerprint density at radius 1 is 1.36 bits per heavy atom. The first-order valence-electron chi connectivity index (χ1n) is 4.09. The van der Waals surface area contributed by atoms with Crippen molar-refractivity contribution in [2.45, 2.75) is 0 Å². The number of aromatic nitrogens is 1. The van der Waals surface area contributed by atoms with Crippen molar-refractivity contribution in [1.82, 2.24) is 4.98 Å². The van der Waals surface area contributed by atoms with E-state index < -0.39 is 0 Å². The van der Waals surface area contributed by atoms with Crippen LogP contribution in [0, 0.1) is 0 Å². The van der Waals surface area contributed by atoms with E-state index in [2.05, 4.69) is 20.9 Å². The van der Waals surface area contributed by atoms with Gasteiger partial charge in [0.25, 0.3) is 0 Å². The van der Waals surface area contributed by atoms with Crippen LogP contribution in [0.3, 0.4) is 0 Å². The second-order valence-corrected chi connectivity index (χ2v) is 3.86. The molecule has 0 spiro atoms. The Balaban J connectivity index is 2.81. The van der Waals surface area contributed by atoms with Gasteiger partial charge >= 0.3 is 0 Å². The molecule has 4 heteroatoms. The van der Waals surface area contributed by atoms with E-state index in [1.54, 1.807) is 19.4 Å². The van der Waals surface area contributed by atoms with Crippen molar-refractivity contribution in [2.75, 3.05) is 12.8 Å². The van der Waals surface area contributed by atoms with Gasteiger partial charge in [-0.1, -0.05) is 0 Å². The summed E-state index contributed by atoms with van der Waals surface area (Å²) in [7, 11) is 1.61. The quantitative estimate of drug-likeness (QED) is 0.794. The standard InChI is InChI=1S/C10H9BrN2O/c1-14-9-4-8(12)3-6-2-7(11)5-13-10(6)9/h2-5H,12H2,1H3. The van der Waals surface area contributed by atoms with Gasteiger partial charge in [0.05, 0.1) is 7.11 Å². The number of anilines is 1. The fraction of sp³-hybridized carbons (Fsp3) is 0.100. The molecule has 0 aliphatic heterocycles. The highest BCUT2D eigenvalue weighted by Gasteiger charge is 2.04. The molecular weight excluding hydrogens is 244 g/mol. The summed E-state index contributed by atoms with van der Waals surface area (Å²) in [4.78, 5) is 4.27. The highest BCUT2D eigenvalue weighted by Crippen LogP contribution is 2.28. The van der Waals surface area contributed by atoms with E-state index in [4.69, 9.17) is 10.5 Å². The molecule has 0 bridgehead atoms. The van der Waals surface area contributed by atoms with Crippen LogP contribution in [0.1, 0.15) is 0 Å². The molecule has 0 fully saturated rings. The van der Waals surface area contributed by atoms with Crippen LogP contribution in [0.2, 0.25) is 0 Å². The minimum atomic E-state index is 0.675. The van der Waals surface area contributed by atoms with Crippen LogP contribution < -0.4 is 10.5 Å². The zero-order valence-corrected chi connectivity index (χ0v) is 9.21. The second-order valence-electron chi connectivity index (χ2n) is 2.95. The molecule has 1 aromatic carbocycles. The van der Waals surface area contributed by atoms with E-state index in [0.717, 1.165) is 15.4 Å². The van der Waals surface area contributed by atoms with Crippen molar-refractivity contribution in [3.05, 3.63) is 28.9 Å². The molecule has 14 heavy (non-hydrogen) atoms. The molecule has 1 heterocycles. The van der Waals surface area contributed by atoms with E-state index >= 15 is 0 Å². The summed E-state index contributed by atoms with van der Waals surface area (Å²) in [5.41, 5.74) is 7.23. The lowest BCUT2D eigenvalue weighted by atomic mass is 10.2. The number of nitrogens with zero attached hydrogens (tertiary/aromatic N) is 1. The fourth-order valence-electron chi connectivity index (χ4n) is 1.37. The highest BCUT2D eigenvalue weighted by molar-refractivity contribution is 9.10. The topological polar surface area (TPSA) is 48.1 Å². The van der Waals surface area contributed by atoms with Gasteiger partial charge in [0.1, 0.15) is 11.3 Å². The molecule has 1 aromatic heterocycles. The zero-order chi connectivity index (χ0) is 10.1. The van der Waals surface area contributed by atoms with Crippen molar-refractivity contribution in [1.29, 1.82) is 0 Å². The van der Waals surface area contributed by atoms with Crippen LogP contribution in [-0.2, 0) is 0 Å². The fourth-order valence-corrected chi connectivity index (χ4v) is 1.72. The van der Waals surface area contributed by atoms with E-state index in [9.17, 15) is 0 Å². The van der Waals surface area contributed by atoms with Gasteiger partial charge in [-0.25, -0.2) is 0 Å². The number of fused-ring (bicyclic) bond motifs is 1. The average molecular weight is 253 g/mol. The van der Waals surface area contributed by atoms with Crippen LogP contribution in [0.25, 0.3) is 10.9 Å².